The van der Waals surface area contributed by atoms with Crippen molar-refractivity contribution >= 4 is 23.4 Å². The molecule has 138 valence electrons. The van der Waals surface area contributed by atoms with Gasteiger partial charge in [0.2, 0.25) is 5.91 Å². The number of hydrogen-bond acceptors (Lipinski definition) is 4. The van der Waals surface area contributed by atoms with Gasteiger partial charge >= 0.3 is 0 Å². The number of benzene rings is 2. The molecule has 1 unspecified atom stereocenters. The number of halogens is 1. The minimum Gasteiger partial charge on any atom is -0.493 e. The van der Waals surface area contributed by atoms with Gasteiger partial charge in [-0.2, -0.15) is 0 Å². The predicted molar refractivity (Wildman–Crippen MR) is 99.6 cm³/mol. The van der Waals surface area contributed by atoms with Crippen LogP contribution in [0, 0.1) is 0 Å². The summed E-state index contributed by atoms with van der Waals surface area (Å²) in [7, 11) is 1.46. The lowest BCUT2D eigenvalue weighted by molar-refractivity contribution is -0.120. The fourth-order valence-corrected chi connectivity index (χ4v) is 2.64. The smallest absolute Gasteiger partial charge is 0.252 e. The van der Waals surface area contributed by atoms with Crippen molar-refractivity contribution in [1.82, 2.24) is 5.32 Å². The molecular formula is C19H21ClN2O4. The zero-order chi connectivity index (χ0) is 19.1. The number of hydrogen-bond donors (Lipinski definition) is 2. The van der Waals surface area contributed by atoms with Crippen LogP contribution in [-0.4, -0.2) is 25.5 Å². The minimum atomic E-state index is -0.954. The van der Waals surface area contributed by atoms with E-state index in [1.54, 1.807) is 24.3 Å². The van der Waals surface area contributed by atoms with Crippen LogP contribution in [0.15, 0.2) is 42.5 Å². The molecule has 7 heteroatoms. The lowest BCUT2D eigenvalue weighted by atomic mass is 10.1. The Morgan fingerprint density at radius 1 is 1.23 bits per heavy atom. The van der Waals surface area contributed by atoms with Gasteiger partial charge in [0.05, 0.1) is 18.7 Å². The average molecular weight is 377 g/mol. The van der Waals surface area contributed by atoms with Gasteiger partial charge in [0.25, 0.3) is 5.91 Å². The van der Waals surface area contributed by atoms with Crippen LogP contribution < -0.4 is 20.5 Å². The van der Waals surface area contributed by atoms with Crippen LogP contribution in [0.5, 0.6) is 11.5 Å². The minimum absolute atomic E-state index is 0.234. The van der Waals surface area contributed by atoms with E-state index in [-0.39, 0.29) is 10.6 Å². The molecule has 2 amide bonds. The van der Waals surface area contributed by atoms with Crippen molar-refractivity contribution in [3.63, 3.8) is 0 Å². The molecular weight excluding hydrogens is 356 g/mol. The van der Waals surface area contributed by atoms with Crippen LogP contribution in [-0.2, 0) is 4.79 Å². The first-order valence-electron chi connectivity index (χ1n) is 8.13. The van der Waals surface area contributed by atoms with Gasteiger partial charge in [-0.1, -0.05) is 48.9 Å². The first kappa shape index (κ1) is 19.6. The SMILES string of the molecule is CCCOc1c(Cl)cc(C(=O)NC(C(N)=O)c2ccccc2)cc1OC. The van der Waals surface area contributed by atoms with Gasteiger partial charge in [-0.15, -0.1) is 0 Å². The van der Waals surface area contributed by atoms with E-state index in [9.17, 15) is 9.59 Å². The highest BCUT2D eigenvalue weighted by molar-refractivity contribution is 6.32. The van der Waals surface area contributed by atoms with Crippen molar-refractivity contribution in [2.75, 3.05) is 13.7 Å². The Balaban J connectivity index is 2.28. The summed E-state index contributed by atoms with van der Waals surface area (Å²) in [5.41, 5.74) is 6.26. The van der Waals surface area contributed by atoms with E-state index >= 15 is 0 Å². The number of carbonyl (C=O) groups is 2. The molecule has 0 heterocycles. The maximum absolute atomic E-state index is 12.6. The maximum Gasteiger partial charge on any atom is 0.252 e. The van der Waals surface area contributed by atoms with E-state index < -0.39 is 17.9 Å². The number of nitrogens with one attached hydrogen (secondary N) is 1. The van der Waals surface area contributed by atoms with Gasteiger partial charge in [-0.25, -0.2) is 0 Å². The molecule has 2 aromatic rings. The Morgan fingerprint density at radius 2 is 1.92 bits per heavy atom. The van der Waals surface area contributed by atoms with Crippen LogP contribution in [0.3, 0.4) is 0 Å². The second-order valence-corrected chi connectivity index (χ2v) is 5.96. The maximum atomic E-state index is 12.6. The summed E-state index contributed by atoms with van der Waals surface area (Å²) in [5.74, 6) is -0.445. The van der Waals surface area contributed by atoms with E-state index in [1.807, 2.05) is 13.0 Å². The summed E-state index contributed by atoms with van der Waals surface area (Å²) >= 11 is 6.23. The molecule has 0 fully saturated rings. The van der Waals surface area contributed by atoms with E-state index in [4.69, 9.17) is 26.8 Å². The van der Waals surface area contributed by atoms with Crippen LogP contribution in [0.2, 0.25) is 5.02 Å². The van der Waals surface area contributed by atoms with Crippen molar-refractivity contribution in [1.29, 1.82) is 0 Å². The lowest BCUT2D eigenvalue weighted by Crippen LogP contribution is -2.37. The van der Waals surface area contributed by atoms with Crippen molar-refractivity contribution < 1.29 is 19.1 Å². The van der Waals surface area contributed by atoms with E-state index in [0.29, 0.717) is 23.7 Å². The zero-order valence-corrected chi connectivity index (χ0v) is 15.4. The number of nitrogens with two attached hydrogens (primary N) is 1. The number of carbonyl (C=O) groups excluding carboxylic acids is 2. The fraction of sp³-hybridized carbons (Fsp3) is 0.263. The standard InChI is InChI=1S/C19H21ClN2O4/c1-3-9-26-17-14(20)10-13(11-15(17)25-2)19(24)22-16(18(21)23)12-7-5-4-6-8-12/h4-8,10-11,16H,3,9H2,1-2H3,(H2,21,23)(H,22,24). The van der Waals surface area contributed by atoms with E-state index in [0.717, 1.165) is 6.42 Å². The third kappa shape index (κ3) is 4.67. The second kappa shape index (κ2) is 9.10. The molecule has 0 aliphatic rings. The third-order valence-electron chi connectivity index (χ3n) is 3.64. The monoisotopic (exact) mass is 376 g/mol. The van der Waals surface area contributed by atoms with Gasteiger partial charge < -0.3 is 20.5 Å². The summed E-state index contributed by atoms with van der Waals surface area (Å²) in [5, 5.41) is 2.87. The van der Waals surface area contributed by atoms with Crippen LogP contribution >= 0.6 is 11.6 Å². The van der Waals surface area contributed by atoms with Gasteiger partial charge in [-0.05, 0) is 24.1 Å². The first-order chi connectivity index (χ1) is 12.5. The molecule has 6 nitrogen and oxygen atoms in total. The van der Waals surface area contributed by atoms with Gasteiger partial charge in [0.15, 0.2) is 11.5 Å². The van der Waals surface area contributed by atoms with Gasteiger partial charge in [-0.3, -0.25) is 9.59 Å². The molecule has 26 heavy (non-hydrogen) atoms. The largest absolute Gasteiger partial charge is 0.493 e. The summed E-state index contributed by atoms with van der Waals surface area (Å²) in [6, 6.07) is 10.8. The molecule has 0 saturated carbocycles. The lowest BCUT2D eigenvalue weighted by Gasteiger charge is -2.17. The molecule has 0 radical (unpaired) electrons. The number of rotatable bonds is 8. The Kier molecular flexibility index (Phi) is 6.86. The molecule has 2 rings (SSSR count). The molecule has 0 spiro atoms. The van der Waals surface area contributed by atoms with Crippen LogP contribution in [0.25, 0.3) is 0 Å². The number of primary amides is 1. The normalized spacial score (nSPS) is 11.5. The zero-order valence-electron chi connectivity index (χ0n) is 14.6. The average Bonchev–Trinajstić information content (AvgIpc) is 2.64. The molecule has 1 atom stereocenters. The van der Waals surface area contributed by atoms with E-state index in [2.05, 4.69) is 5.32 Å². The molecule has 0 aliphatic heterocycles. The summed E-state index contributed by atoms with van der Waals surface area (Å²) < 4.78 is 10.8. The van der Waals surface area contributed by atoms with Crippen molar-refractivity contribution in [3.8, 4) is 11.5 Å². The van der Waals surface area contributed by atoms with Crippen LogP contribution in [0.4, 0.5) is 0 Å². The highest BCUT2D eigenvalue weighted by Crippen LogP contribution is 2.36. The first-order valence-corrected chi connectivity index (χ1v) is 8.51. The number of amides is 2. The van der Waals surface area contributed by atoms with Crippen LogP contribution in [0.1, 0.15) is 35.3 Å². The molecule has 0 bridgehead atoms. The Hall–Kier alpha value is -2.73. The Bertz CT molecular complexity index is 781. The molecule has 0 saturated heterocycles. The second-order valence-electron chi connectivity index (χ2n) is 5.56. The molecule has 2 aromatic carbocycles. The predicted octanol–water partition coefficient (Wildman–Crippen LogP) is 3.09. The van der Waals surface area contributed by atoms with Gasteiger partial charge in [0, 0.05) is 5.56 Å². The Morgan fingerprint density at radius 3 is 2.50 bits per heavy atom. The third-order valence-corrected chi connectivity index (χ3v) is 3.92. The summed E-state index contributed by atoms with van der Waals surface area (Å²) in [6.07, 6.45) is 0.805. The van der Waals surface area contributed by atoms with Gasteiger partial charge in [0.1, 0.15) is 6.04 Å². The van der Waals surface area contributed by atoms with Crippen molar-refractivity contribution in [3.05, 3.63) is 58.6 Å². The number of ether oxygens (including phenoxy) is 2. The summed E-state index contributed by atoms with van der Waals surface area (Å²) in [4.78, 5) is 24.4. The summed E-state index contributed by atoms with van der Waals surface area (Å²) in [6.45, 7) is 2.44. The molecule has 0 aromatic heterocycles. The van der Waals surface area contributed by atoms with E-state index in [1.165, 1.54) is 19.2 Å². The highest BCUT2D eigenvalue weighted by atomic mass is 35.5. The number of methoxy groups -OCH3 is 1. The molecule has 0 aliphatic carbocycles. The fourth-order valence-electron chi connectivity index (χ4n) is 2.37. The topological polar surface area (TPSA) is 90.6 Å². The Labute approximate surface area is 157 Å². The molecule has 3 N–H and O–H groups in total. The quantitative estimate of drug-likeness (QED) is 0.740. The van der Waals surface area contributed by atoms with Crippen molar-refractivity contribution in [2.45, 2.75) is 19.4 Å². The van der Waals surface area contributed by atoms with Crippen molar-refractivity contribution in [2.24, 2.45) is 5.73 Å². The highest BCUT2D eigenvalue weighted by Gasteiger charge is 2.22.